The van der Waals surface area contributed by atoms with Crippen molar-refractivity contribution in [2.75, 3.05) is 32.6 Å². The number of halogens is 1. The van der Waals surface area contributed by atoms with Crippen LogP contribution in [-0.2, 0) is 19.9 Å². The van der Waals surface area contributed by atoms with Crippen molar-refractivity contribution in [3.05, 3.63) is 70.5 Å². The van der Waals surface area contributed by atoms with Gasteiger partial charge in [0.1, 0.15) is 5.75 Å². The van der Waals surface area contributed by atoms with Crippen molar-refractivity contribution < 1.29 is 9.53 Å². The first-order chi connectivity index (χ1) is 19.4. The summed E-state index contributed by atoms with van der Waals surface area (Å²) in [6.07, 6.45) is 5.39. The lowest BCUT2D eigenvalue weighted by Crippen LogP contribution is -2.43. The topological polar surface area (TPSA) is 97.2 Å². The fraction of sp³-hybridized carbons (Fsp3) is 0.333. The molecule has 2 aliphatic rings. The molecule has 0 spiro atoms. The van der Waals surface area contributed by atoms with Gasteiger partial charge in [-0.25, -0.2) is 9.97 Å². The summed E-state index contributed by atoms with van der Waals surface area (Å²) >= 11 is 6.59. The molecule has 0 bridgehead atoms. The van der Waals surface area contributed by atoms with Crippen molar-refractivity contribution in [2.45, 2.75) is 31.7 Å². The molecule has 0 atom stereocenters. The van der Waals surface area contributed by atoms with Gasteiger partial charge < -0.3 is 20.3 Å². The van der Waals surface area contributed by atoms with Crippen molar-refractivity contribution >= 4 is 29.1 Å². The van der Waals surface area contributed by atoms with Gasteiger partial charge in [0, 0.05) is 41.0 Å². The summed E-state index contributed by atoms with van der Waals surface area (Å²) in [5.41, 5.74) is 6.95. The van der Waals surface area contributed by atoms with Crippen molar-refractivity contribution in [3.63, 3.8) is 0 Å². The van der Waals surface area contributed by atoms with E-state index in [2.05, 4.69) is 27.6 Å². The van der Waals surface area contributed by atoms with Gasteiger partial charge in [0.15, 0.2) is 0 Å². The summed E-state index contributed by atoms with van der Waals surface area (Å²) < 4.78 is 7.53. The number of carbonyl (C=O) groups excluding carboxylic acids is 1. The molecule has 4 aromatic rings. The number of likely N-dealkylation sites (tertiary alicyclic amines) is 1. The Kier molecular flexibility index (Phi) is 7.16. The minimum atomic E-state index is -0.0966. The second-order valence-corrected chi connectivity index (χ2v) is 10.8. The molecule has 2 aromatic heterocycles. The Morgan fingerprint density at radius 3 is 2.67 bits per heavy atom. The van der Waals surface area contributed by atoms with E-state index in [-0.39, 0.29) is 11.9 Å². The van der Waals surface area contributed by atoms with Gasteiger partial charge in [-0.3, -0.25) is 9.48 Å². The van der Waals surface area contributed by atoms with E-state index >= 15 is 0 Å². The molecule has 1 saturated heterocycles. The van der Waals surface area contributed by atoms with Gasteiger partial charge >= 0.3 is 0 Å². The quantitative estimate of drug-likeness (QED) is 0.349. The van der Waals surface area contributed by atoms with Crippen LogP contribution in [-0.4, -0.2) is 63.8 Å². The van der Waals surface area contributed by atoms with Crippen LogP contribution in [0.1, 0.15) is 34.5 Å². The van der Waals surface area contributed by atoms with Crippen molar-refractivity contribution in [2.24, 2.45) is 7.05 Å². The predicted molar refractivity (Wildman–Crippen MR) is 156 cm³/mol. The number of methoxy groups -OCH3 is 1. The fourth-order valence-electron chi connectivity index (χ4n) is 5.56. The maximum Gasteiger partial charge on any atom is 0.251 e. The van der Waals surface area contributed by atoms with E-state index < -0.39 is 0 Å². The first-order valence-electron chi connectivity index (χ1n) is 13.5. The normalized spacial score (nSPS) is 15.3. The average molecular weight is 558 g/mol. The number of rotatable bonds is 6. The largest absolute Gasteiger partial charge is 0.495 e. The number of amides is 1. The van der Waals surface area contributed by atoms with Crippen molar-refractivity contribution in [1.29, 1.82) is 0 Å². The van der Waals surface area contributed by atoms with Crippen LogP contribution in [0.5, 0.6) is 5.75 Å². The molecule has 40 heavy (non-hydrogen) atoms. The number of carbonyl (C=O) groups is 1. The average Bonchev–Trinajstić information content (AvgIpc) is 3.30. The monoisotopic (exact) mass is 557 g/mol. The molecule has 2 aromatic carbocycles. The second kappa shape index (κ2) is 10.9. The molecule has 3 heterocycles. The molecule has 0 radical (unpaired) electrons. The number of aromatic nitrogens is 4. The molecule has 2 N–H and O–H groups in total. The molecule has 0 unspecified atom stereocenters. The summed E-state index contributed by atoms with van der Waals surface area (Å²) in [6.45, 7) is 1.97. The Balaban J connectivity index is 1.28. The lowest BCUT2D eigenvalue weighted by Gasteiger charge is -2.29. The third kappa shape index (κ3) is 5.02. The minimum Gasteiger partial charge on any atom is -0.495 e. The molecule has 6 rings (SSSR count). The maximum atomic E-state index is 12.9. The Morgan fingerprint density at radius 2 is 1.90 bits per heavy atom. The van der Waals surface area contributed by atoms with Crippen LogP contribution >= 0.6 is 11.6 Å². The van der Waals surface area contributed by atoms with Gasteiger partial charge in [-0.1, -0.05) is 29.8 Å². The van der Waals surface area contributed by atoms with Crippen LogP contribution < -0.4 is 15.4 Å². The van der Waals surface area contributed by atoms with Crippen LogP contribution in [0, 0.1) is 0 Å². The highest BCUT2D eigenvalue weighted by atomic mass is 35.5. The lowest BCUT2D eigenvalue weighted by atomic mass is 9.91. The summed E-state index contributed by atoms with van der Waals surface area (Å²) in [6, 6.07) is 13.3. The van der Waals surface area contributed by atoms with E-state index in [9.17, 15) is 4.79 Å². The summed E-state index contributed by atoms with van der Waals surface area (Å²) in [7, 11) is 5.63. The standard InChI is InChI=1S/C30H32ClN7O2/c1-37-14-12-20(13-15-37)33-29(39)18-8-10-23(25(16-18)40-3)34-30-32-17-19-9-11-24-26(27(19)35-30)28(38(2)36-24)21-6-4-5-7-22(21)31/h4-8,10,16-17,20H,9,11-15H2,1-3H3,(H,33,39)(H,32,34,35). The van der Waals surface area contributed by atoms with Crippen molar-refractivity contribution in [1.82, 2.24) is 30.0 Å². The van der Waals surface area contributed by atoms with Gasteiger partial charge in [-0.15, -0.1) is 0 Å². The second-order valence-electron chi connectivity index (χ2n) is 10.4. The first kappa shape index (κ1) is 26.3. The Bertz CT molecular complexity index is 1580. The van der Waals surface area contributed by atoms with E-state index in [1.54, 1.807) is 19.2 Å². The smallest absolute Gasteiger partial charge is 0.251 e. The zero-order valence-corrected chi connectivity index (χ0v) is 23.6. The van der Waals surface area contributed by atoms with Gasteiger partial charge in [0.05, 0.1) is 29.9 Å². The van der Waals surface area contributed by atoms with Gasteiger partial charge in [-0.05, 0) is 75.6 Å². The third-order valence-electron chi connectivity index (χ3n) is 7.75. The number of piperidine rings is 1. The van der Waals surface area contributed by atoms with Gasteiger partial charge in [-0.2, -0.15) is 5.10 Å². The highest BCUT2D eigenvalue weighted by molar-refractivity contribution is 6.33. The number of benzene rings is 2. The first-order valence-corrected chi connectivity index (χ1v) is 13.9. The highest BCUT2D eigenvalue weighted by Gasteiger charge is 2.28. The lowest BCUT2D eigenvalue weighted by molar-refractivity contribution is 0.0916. The molecule has 1 amide bonds. The number of hydrogen-bond donors (Lipinski definition) is 2. The number of hydrogen-bond acceptors (Lipinski definition) is 7. The Morgan fingerprint density at radius 1 is 1.10 bits per heavy atom. The van der Waals surface area contributed by atoms with Crippen molar-refractivity contribution in [3.8, 4) is 28.3 Å². The molecule has 1 fully saturated rings. The van der Waals surface area contributed by atoms with E-state index in [0.29, 0.717) is 28.0 Å². The van der Waals surface area contributed by atoms with E-state index in [0.717, 1.165) is 72.5 Å². The zero-order chi connectivity index (χ0) is 27.8. The van der Waals surface area contributed by atoms with E-state index in [4.69, 9.17) is 26.4 Å². The minimum absolute atomic E-state index is 0.0966. The summed E-state index contributed by atoms with van der Waals surface area (Å²) in [4.78, 5) is 24.7. The number of nitrogens with one attached hydrogen (secondary N) is 2. The molecular weight excluding hydrogens is 526 g/mol. The third-order valence-corrected chi connectivity index (χ3v) is 8.07. The van der Waals surface area contributed by atoms with Crippen LogP contribution in [0.25, 0.3) is 22.5 Å². The fourth-order valence-corrected chi connectivity index (χ4v) is 5.79. The van der Waals surface area contributed by atoms with Crippen LogP contribution in [0.4, 0.5) is 11.6 Å². The SMILES string of the molecule is COc1cc(C(=O)NC2CCN(C)CC2)ccc1Nc1ncc2c(n1)-c1c(nn(C)c1-c1ccccc1Cl)CC2. The molecule has 1 aliphatic carbocycles. The zero-order valence-electron chi connectivity index (χ0n) is 22.9. The summed E-state index contributed by atoms with van der Waals surface area (Å²) in [5, 5.41) is 11.9. The van der Waals surface area contributed by atoms with E-state index in [1.165, 1.54) is 0 Å². The number of aryl methyl sites for hydroxylation is 3. The number of nitrogens with zero attached hydrogens (tertiary/aromatic N) is 5. The molecule has 10 heteroatoms. The molecule has 9 nitrogen and oxygen atoms in total. The Hall–Kier alpha value is -3.95. The van der Waals surface area contributed by atoms with Crippen LogP contribution in [0.2, 0.25) is 5.02 Å². The molecule has 1 aliphatic heterocycles. The Labute approximate surface area is 238 Å². The number of fused-ring (bicyclic) bond motifs is 3. The van der Waals surface area contributed by atoms with Gasteiger partial charge in [0.2, 0.25) is 5.95 Å². The number of ether oxygens (including phenoxy) is 1. The van der Waals surface area contributed by atoms with E-state index in [1.807, 2.05) is 48.3 Å². The molecule has 206 valence electrons. The van der Waals surface area contributed by atoms with Crippen LogP contribution in [0.15, 0.2) is 48.7 Å². The predicted octanol–water partition coefficient (Wildman–Crippen LogP) is 4.87. The molecule has 0 saturated carbocycles. The highest BCUT2D eigenvalue weighted by Crippen LogP contribution is 2.41. The maximum absolute atomic E-state index is 12.9. The summed E-state index contributed by atoms with van der Waals surface area (Å²) in [5.74, 6) is 0.874. The van der Waals surface area contributed by atoms with Gasteiger partial charge in [0.25, 0.3) is 5.91 Å². The van der Waals surface area contributed by atoms with Crippen LogP contribution in [0.3, 0.4) is 0 Å². The molecular formula is C30H32ClN7O2. The number of anilines is 2.